The summed E-state index contributed by atoms with van der Waals surface area (Å²) in [5.74, 6) is -0.574. The summed E-state index contributed by atoms with van der Waals surface area (Å²) in [6.45, 7) is 2.52. The Morgan fingerprint density at radius 2 is 1.91 bits per heavy atom. The number of hydrogen-bond donors (Lipinski definition) is 1. The molecule has 1 atom stereocenters. The van der Waals surface area contributed by atoms with E-state index < -0.39 is 17.7 Å². The lowest BCUT2D eigenvalue weighted by molar-refractivity contribution is -0.132. The summed E-state index contributed by atoms with van der Waals surface area (Å²) in [7, 11) is 1.49. The predicted molar refractivity (Wildman–Crippen MR) is 119 cm³/mol. The first-order valence-electron chi connectivity index (χ1n) is 10.3. The first-order chi connectivity index (χ1) is 15.6. The fraction of sp³-hybridized carbons (Fsp3) is 0.200. The van der Waals surface area contributed by atoms with E-state index in [0.29, 0.717) is 35.1 Å². The summed E-state index contributed by atoms with van der Waals surface area (Å²) < 4.78 is 16.6. The third kappa shape index (κ3) is 3.73. The van der Waals surface area contributed by atoms with Crippen molar-refractivity contribution in [2.75, 3.05) is 18.6 Å². The summed E-state index contributed by atoms with van der Waals surface area (Å²) in [6, 6.07) is 16.0. The van der Waals surface area contributed by atoms with Crippen LogP contribution in [0.25, 0.3) is 5.76 Å². The van der Waals surface area contributed by atoms with Gasteiger partial charge in [0.15, 0.2) is 0 Å². The van der Waals surface area contributed by atoms with Crippen LogP contribution in [0.3, 0.4) is 0 Å². The van der Waals surface area contributed by atoms with Gasteiger partial charge in [0.1, 0.15) is 29.1 Å². The van der Waals surface area contributed by atoms with E-state index in [9.17, 15) is 14.7 Å². The Morgan fingerprint density at radius 3 is 2.62 bits per heavy atom. The number of nitrogens with zero attached hydrogens (tertiary/aromatic N) is 1. The van der Waals surface area contributed by atoms with E-state index >= 15 is 0 Å². The Bertz CT molecular complexity index is 1160. The van der Waals surface area contributed by atoms with Gasteiger partial charge >= 0.3 is 0 Å². The molecule has 32 heavy (non-hydrogen) atoms. The number of carbonyl (C=O) groups excluding carboxylic acids is 2. The van der Waals surface area contributed by atoms with Crippen LogP contribution in [0.15, 0.2) is 76.9 Å². The van der Waals surface area contributed by atoms with E-state index in [4.69, 9.17) is 13.9 Å². The van der Waals surface area contributed by atoms with Crippen LogP contribution >= 0.6 is 0 Å². The van der Waals surface area contributed by atoms with Gasteiger partial charge in [0.2, 0.25) is 0 Å². The van der Waals surface area contributed by atoms with Crippen molar-refractivity contribution >= 4 is 23.1 Å². The third-order valence-electron chi connectivity index (χ3n) is 5.18. The fourth-order valence-corrected chi connectivity index (χ4v) is 3.73. The van der Waals surface area contributed by atoms with Gasteiger partial charge in [-0.25, -0.2) is 0 Å². The maximum atomic E-state index is 13.1. The van der Waals surface area contributed by atoms with E-state index in [-0.39, 0.29) is 11.3 Å². The van der Waals surface area contributed by atoms with Crippen molar-refractivity contribution in [2.24, 2.45) is 0 Å². The predicted octanol–water partition coefficient (Wildman–Crippen LogP) is 4.70. The molecule has 1 amide bonds. The van der Waals surface area contributed by atoms with Crippen molar-refractivity contribution < 1.29 is 28.6 Å². The first kappa shape index (κ1) is 21.2. The quantitative estimate of drug-likeness (QED) is 0.330. The van der Waals surface area contributed by atoms with Crippen LogP contribution in [0.5, 0.6) is 11.5 Å². The number of Topliss-reactive ketones (excluding diaryl/α,β-unsaturated/α-hetero) is 1. The molecule has 164 valence electrons. The summed E-state index contributed by atoms with van der Waals surface area (Å²) in [5, 5.41) is 11.2. The fourth-order valence-electron chi connectivity index (χ4n) is 3.73. The molecule has 0 radical (unpaired) electrons. The zero-order valence-corrected chi connectivity index (χ0v) is 17.8. The molecule has 1 aliphatic rings. The molecule has 1 N–H and O–H groups in total. The summed E-state index contributed by atoms with van der Waals surface area (Å²) in [6.07, 6.45) is 2.29. The van der Waals surface area contributed by atoms with Crippen molar-refractivity contribution in [2.45, 2.75) is 19.4 Å². The largest absolute Gasteiger partial charge is 0.507 e. The van der Waals surface area contributed by atoms with E-state index in [2.05, 4.69) is 0 Å². The number of hydrogen-bond acceptors (Lipinski definition) is 6. The average Bonchev–Trinajstić information content (AvgIpc) is 3.44. The second-order valence-corrected chi connectivity index (χ2v) is 7.23. The summed E-state index contributed by atoms with van der Waals surface area (Å²) in [4.78, 5) is 27.6. The molecule has 2 heterocycles. The number of methoxy groups -OCH3 is 1. The molecule has 1 unspecified atom stereocenters. The standard InChI is InChI=1S/C25H23NO6/c1-3-13-31-17-9-6-8-16(15-17)23(27)21-22(20-12-7-14-32-20)26(25(29)24(21)28)18-10-4-5-11-19(18)30-2/h4-12,14-15,22,27H,3,13H2,1-2H3/b23-21-. The molecule has 1 fully saturated rings. The normalized spacial score (nSPS) is 17.6. The topological polar surface area (TPSA) is 89.2 Å². The SMILES string of the molecule is CCCOc1cccc(/C(O)=C2/C(=O)C(=O)N(c3ccccc3OC)C2c2ccco2)c1. The lowest BCUT2D eigenvalue weighted by atomic mass is 9.99. The monoisotopic (exact) mass is 433 g/mol. The molecule has 0 bridgehead atoms. The van der Waals surface area contributed by atoms with Crippen LogP contribution < -0.4 is 14.4 Å². The van der Waals surface area contributed by atoms with Gasteiger partial charge in [0.25, 0.3) is 11.7 Å². The number of ketones is 1. The van der Waals surface area contributed by atoms with Crippen LogP contribution in [0.2, 0.25) is 0 Å². The van der Waals surface area contributed by atoms with Crippen molar-refractivity contribution in [1.82, 2.24) is 0 Å². The Morgan fingerprint density at radius 1 is 1.09 bits per heavy atom. The first-order valence-corrected chi connectivity index (χ1v) is 10.3. The second kappa shape index (κ2) is 9.01. The Kier molecular flexibility index (Phi) is 5.98. The van der Waals surface area contributed by atoms with Gasteiger partial charge in [-0.15, -0.1) is 0 Å². The van der Waals surface area contributed by atoms with Gasteiger partial charge in [0, 0.05) is 5.56 Å². The van der Waals surface area contributed by atoms with Crippen molar-refractivity contribution in [1.29, 1.82) is 0 Å². The minimum absolute atomic E-state index is 0.0662. The van der Waals surface area contributed by atoms with Gasteiger partial charge in [0.05, 0.1) is 31.2 Å². The maximum Gasteiger partial charge on any atom is 0.300 e. The van der Waals surface area contributed by atoms with Crippen LogP contribution in [0, 0.1) is 0 Å². The molecule has 1 aliphatic heterocycles. The highest BCUT2D eigenvalue weighted by Crippen LogP contribution is 2.45. The van der Waals surface area contributed by atoms with Gasteiger partial charge in [-0.2, -0.15) is 0 Å². The van der Waals surface area contributed by atoms with Crippen molar-refractivity contribution in [3.8, 4) is 11.5 Å². The second-order valence-electron chi connectivity index (χ2n) is 7.23. The van der Waals surface area contributed by atoms with E-state index in [1.807, 2.05) is 6.92 Å². The molecular weight excluding hydrogens is 410 g/mol. The number of benzene rings is 2. The Hall–Kier alpha value is -4.00. The van der Waals surface area contributed by atoms with Crippen LogP contribution in [-0.2, 0) is 9.59 Å². The molecule has 2 aromatic carbocycles. The number of aliphatic hydroxyl groups excluding tert-OH is 1. The van der Waals surface area contributed by atoms with Gasteiger partial charge in [-0.1, -0.05) is 31.2 Å². The highest BCUT2D eigenvalue weighted by Gasteiger charge is 2.49. The highest BCUT2D eigenvalue weighted by molar-refractivity contribution is 6.51. The van der Waals surface area contributed by atoms with E-state index in [0.717, 1.165) is 6.42 Å². The number of anilines is 1. The van der Waals surface area contributed by atoms with Gasteiger partial charge in [-0.3, -0.25) is 14.5 Å². The maximum absolute atomic E-state index is 13.1. The van der Waals surface area contributed by atoms with E-state index in [1.54, 1.807) is 60.7 Å². The molecule has 1 saturated heterocycles. The molecule has 0 spiro atoms. The molecule has 3 aromatic rings. The average molecular weight is 433 g/mol. The zero-order chi connectivity index (χ0) is 22.7. The smallest absolute Gasteiger partial charge is 0.300 e. The number of para-hydroxylation sites is 2. The minimum Gasteiger partial charge on any atom is -0.507 e. The molecule has 0 saturated carbocycles. The van der Waals surface area contributed by atoms with Crippen LogP contribution in [0.1, 0.15) is 30.7 Å². The molecule has 0 aliphatic carbocycles. The zero-order valence-electron chi connectivity index (χ0n) is 17.8. The summed E-state index contributed by atoms with van der Waals surface area (Å²) >= 11 is 0. The molecule has 7 nitrogen and oxygen atoms in total. The molecular formula is C25H23NO6. The van der Waals surface area contributed by atoms with Crippen LogP contribution in [-0.4, -0.2) is 30.5 Å². The number of furan rings is 1. The van der Waals surface area contributed by atoms with Crippen molar-refractivity contribution in [3.05, 3.63) is 83.8 Å². The number of carbonyl (C=O) groups is 2. The number of ether oxygens (including phenoxy) is 2. The lowest BCUT2D eigenvalue weighted by Crippen LogP contribution is -2.29. The lowest BCUT2D eigenvalue weighted by Gasteiger charge is -2.24. The van der Waals surface area contributed by atoms with Crippen LogP contribution in [0.4, 0.5) is 5.69 Å². The molecule has 1 aromatic heterocycles. The van der Waals surface area contributed by atoms with Gasteiger partial charge < -0.3 is 19.0 Å². The molecule has 4 rings (SSSR count). The minimum atomic E-state index is -0.957. The highest BCUT2D eigenvalue weighted by atomic mass is 16.5. The Balaban J connectivity index is 1.88. The number of amides is 1. The number of rotatable bonds is 7. The van der Waals surface area contributed by atoms with E-state index in [1.165, 1.54) is 18.3 Å². The molecule has 7 heteroatoms. The summed E-state index contributed by atoms with van der Waals surface area (Å²) in [5.41, 5.74) is 0.703. The third-order valence-corrected chi connectivity index (χ3v) is 5.18. The Labute approximate surface area is 185 Å². The van der Waals surface area contributed by atoms with Crippen molar-refractivity contribution in [3.63, 3.8) is 0 Å². The van der Waals surface area contributed by atoms with Gasteiger partial charge in [-0.05, 0) is 42.8 Å². The number of aliphatic hydroxyl groups is 1.